The van der Waals surface area contributed by atoms with Crippen LogP contribution in [0.5, 0.6) is 0 Å². The highest BCUT2D eigenvalue weighted by Gasteiger charge is 2.05. The maximum Gasteiger partial charge on any atom is 0.252 e. The summed E-state index contributed by atoms with van der Waals surface area (Å²) in [4.78, 5) is 18.5. The zero-order valence-corrected chi connectivity index (χ0v) is 6.46. The Balaban J connectivity index is 3.20. The first kappa shape index (κ1) is 7.65. The Labute approximate surface area is 64.5 Å². The lowest BCUT2D eigenvalue weighted by atomic mass is 10.2. The molecule has 0 atom stereocenters. The van der Waals surface area contributed by atoms with Crippen LogP contribution < -0.4 is 5.73 Å². The minimum atomic E-state index is -0.484. The van der Waals surface area contributed by atoms with Gasteiger partial charge in [-0.25, -0.2) is 9.97 Å². The molecule has 11 heavy (non-hydrogen) atoms. The fraction of sp³-hybridized carbons (Fsp3) is 0.286. The standard InChI is InChI=1S/C7H9N3O/c1-4-6(7(8)11)3-9-5(2)10-4/h3H,1-2H3,(H2,8,11). The van der Waals surface area contributed by atoms with Crippen LogP contribution in [0.2, 0.25) is 0 Å². The normalized spacial score (nSPS) is 9.64. The van der Waals surface area contributed by atoms with Crippen molar-refractivity contribution in [1.82, 2.24) is 9.97 Å². The maximum atomic E-state index is 10.7. The van der Waals surface area contributed by atoms with Gasteiger partial charge in [-0.2, -0.15) is 0 Å². The second-order valence-electron chi connectivity index (χ2n) is 2.28. The number of amides is 1. The molecule has 0 bridgehead atoms. The summed E-state index contributed by atoms with van der Waals surface area (Å²) < 4.78 is 0. The Bertz CT molecular complexity index is 296. The smallest absolute Gasteiger partial charge is 0.252 e. The van der Waals surface area contributed by atoms with Gasteiger partial charge in [-0.3, -0.25) is 4.79 Å². The molecule has 4 heteroatoms. The van der Waals surface area contributed by atoms with Gasteiger partial charge in [-0.1, -0.05) is 0 Å². The first-order valence-corrected chi connectivity index (χ1v) is 3.21. The summed E-state index contributed by atoms with van der Waals surface area (Å²) in [6.07, 6.45) is 1.44. The van der Waals surface area contributed by atoms with Crippen molar-refractivity contribution >= 4 is 5.91 Å². The van der Waals surface area contributed by atoms with E-state index in [1.54, 1.807) is 13.8 Å². The van der Waals surface area contributed by atoms with Crippen LogP contribution in [0.25, 0.3) is 0 Å². The van der Waals surface area contributed by atoms with Crippen LogP contribution in [0.3, 0.4) is 0 Å². The van der Waals surface area contributed by atoms with Crippen molar-refractivity contribution in [3.05, 3.63) is 23.3 Å². The first-order valence-electron chi connectivity index (χ1n) is 3.21. The van der Waals surface area contributed by atoms with Crippen molar-refractivity contribution < 1.29 is 4.79 Å². The SMILES string of the molecule is Cc1ncc(C(N)=O)c(C)n1. The van der Waals surface area contributed by atoms with E-state index in [2.05, 4.69) is 9.97 Å². The van der Waals surface area contributed by atoms with E-state index in [-0.39, 0.29) is 0 Å². The minimum Gasteiger partial charge on any atom is -0.365 e. The van der Waals surface area contributed by atoms with Gasteiger partial charge < -0.3 is 5.73 Å². The predicted octanol–water partition coefficient (Wildman–Crippen LogP) is 0.192. The number of carbonyl (C=O) groups excluding carboxylic acids is 1. The Morgan fingerprint density at radius 1 is 1.55 bits per heavy atom. The molecule has 0 spiro atoms. The van der Waals surface area contributed by atoms with Crippen LogP contribution in [0.15, 0.2) is 6.20 Å². The molecule has 0 radical (unpaired) electrons. The van der Waals surface area contributed by atoms with Crippen molar-refractivity contribution in [3.63, 3.8) is 0 Å². The van der Waals surface area contributed by atoms with E-state index < -0.39 is 5.91 Å². The number of hydrogen-bond donors (Lipinski definition) is 1. The molecule has 4 nitrogen and oxygen atoms in total. The summed E-state index contributed by atoms with van der Waals surface area (Å²) in [5.74, 6) is 0.162. The quantitative estimate of drug-likeness (QED) is 0.623. The van der Waals surface area contributed by atoms with Gasteiger partial charge in [0.15, 0.2) is 0 Å². The molecule has 1 aromatic rings. The highest BCUT2D eigenvalue weighted by Crippen LogP contribution is 2.01. The number of nitrogens with two attached hydrogens (primary N) is 1. The second-order valence-corrected chi connectivity index (χ2v) is 2.28. The van der Waals surface area contributed by atoms with E-state index in [4.69, 9.17) is 5.73 Å². The summed E-state index contributed by atoms with van der Waals surface area (Å²) in [6, 6.07) is 0. The third-order valence-electron chi connectivity index (χ3n) is 1.37. The van der Waals surface area contributed by atoms with Crippen LogP contribution in [-0.4, -0.2) is 15.9 Å². The number of hydrogen-bond acceptors (Lipinski definition) is 3. The van der Waals surface area contributed by atoms with Gasteiger partial charge >= 0.3 is 0 Å². The highest BCUT2D eigenvalue weighted by molar-refractivity contribution is 5.93. The largest absolute Gasteiger partial charge is 0.365 e. The molecule has 1 amide bonds. The summed E-state index contributed by atoms with van der Waals surface area (Å²) in [6.45, 7) is 3.49. The van der Waals surface area contributed by atoms with Crippen molar-refractivity contribution in [3.8, 4) is 0 Å². The van der Waals surface area contributed by atoms with Gasteiger partial charge in [0.2, 0.25) is 0 Å². The van der Waals surface area contributed by atoms with Crippen LogP contribution in [0, 0.1) is 13.8 Å². The lowest BCUT2D eigenvalue weighted by Gasteiger charge is -1.99. The van der Waals surface area contributed by atoms with E-state index in [9.17, 15) is 4.79 Å². The predicted molar refractivity (Wildman–Crippen MR) is 40.0 cm³/mol. The van der Waals surface area contributed by atoms with Crippen LogP contribution in [-0.2, 0) is 0 Å². The molecule has 0 aromatic carbocycles. The van der Waals surface area contributed by atoms with E-state index in [1.165, 1.54) is 6.20 Å². The summed E-state index contributed by atoms with van der Waals surface area (Å²) in [5, 5.41) is 0. The van der Waals surface area contributed by atoms with Gasteiger partial charge in [-0.05, 0) is 13.8 Å². The maximum absolute atomic E-state index is 10.7. The molecule has 0 aliphatic carbocycles. The summed E-state index contributed by atoms with van der Waals surface area (Å²) in [7, 11) is 0. The van der Waals surface area contributed by atoms with Gasteiger partial charge in [0.05, 0.1) is 11.3 Å². The van der Waals surface area contributed by atoms with E-state index in [1.807, 2.05) is 0 Å². The molecule has 0 aliphatic heterocycles. The molecular formula is C7H9N3O. The summed E-state index contributed by atoms with van der Waals surface area (Å²) in [5.41, 5.74) is 6.06. The number of rotatable bonds is 1. The second kappa shape index (κ2) is 2.65. The third-order valence-corrected chi connectivity index (χ3v) is 1.37. The average Bonchev–Trinajstić information content (AvgIpc) is 1.85. The number of aryl methyl sites for hydroxylation is 2. The summed E-state index contributed by atoms with van der Waals surface area (Å²) >= 11 is 0. The molecule has 0 saturated heterocycles. The number of carbonyl (C=O) groups is 1. The van der Waals surface area contributed by atoms with Gasteiger partial charge in [0, 0.05) is 6.20 Å². The lowest BCUT2D eigenvalue weighted by Crippen LogP contribution is -2.14. The van der Waals surface area contributed by atoms with E-state index in [0.29, 0.717) is 17.1 Å². The van der Waals surface area contributed by atoms with Crippen LogP contribution in [0.1, 0.15) is 21.9 Å². The zero-order valence-electron chi connectivity index (χ0n) is 6.46. The van der Waals surface area contributed by atoms with Gasteiger partial charge in [0.25, 0.3) is 5.91 Å². The Morgan fingerprint density at radius 2 is 2.18 bits per heavy atom. The van der Waals surface area contributed by atoms with E-state index >= 15 is 0 Å². The van der Waals surface area contributed by atoms with Gasteiger partial charge in [0.1, 0.15) is 5.82 Å². The monoisotopic (exact) mass is 151 g/mol. The Kier molecular flexibility index (Phi) is 1.85. The number of aromatic nitrogens is 2. The molecule has 1 rings (SSSR count). The number of primary amides is 1. The fourth-order valence-electron chi connectivity index (χ4n) is 0.825. The molecule has 1 heterocycles. The van der Waals surface area contributed by atoms with Crippen molar-refractivity contribution in [2.75, 3.05) is 0 Å². The van der Waals surface area contributed by atoms with Crippen molar-refractivity contribution in [1.29, 1.82) is 0 Å². The first-order chi connectivity index (χ1) is 5.11. The van der Waals surface area contributed by atoms with Crippen LogP contribution in [0.4, 0.5) is 0 Å². The topological polar surface area (TPSA) is 68.9 Å². The molecule has 1 aromatic heterocycles. The Morgan fingerprint density at radius 3 is 2.64 bits per heavy atom. The van der Waals surface area contributed by atoms with Crippen molar-refractivity contribution in [2.24, 2.45) is 5.73 Å². The fourth-order valence-corrected chi connectivity index (χ4v) is 0.825. The molecular weight excluding hydrogens is 142 g/mol. The van der Waals surface area contributed by atoms with E-state index in [0.717, 1.165) is 0 Å². The van der Waals surface area contributed by atoms with Gasteiger partial charge in [-0.15, -0.1) is 0 Å². The number of nitrogens with zero attached hydrogens (tertiary/aromatic N) is 2. The third kappa shape index (κ3) is 1.52. The molecule has 58 valence electrons. The highest BCUT2D eigenvalue weighted by atomic mass is 16.1. The average molecular weight is 151 g/mol. The molecule has 2 N–H and O–H groups in total. The van der Waals surface area contributed by atoms with Crippen molar-refractivity contribution in [2.45, 2.75) is 13.8 Å². The molecule has 0 fully saturated rings. The zero-order chi connectivity index (χ0) is 8.43. The lowest BCUT2D eigenvalue weighted by molar-refractivity contribution is 0.0999. The Hall–Kier alpha value is -1.45. The molecule has 0 aliphatic rings. The minimum absolute atomic E-state index is 0.385. The molecule has 0 unspecified atom stereocenters. The molecule has 0 saturated carbocycles. The van der Waals surface area contributed by atoms with Crippen LogP contribution >= 0.6 is 0 Å².